The van der Waals surface area contributed by atoms with Crippen molar-refractivity contribution in [3.63, 3.8) is 0 Å². The lowest BCUT2D eigenvalue weighted by atomic mass is 10.3. The van der Waals surface area contributed by atoms with Gasteiger partial charge in [-0.2, -0.15) is 0 Å². The van der Waals surface area contributed by atoms with E-state index in [1.807, 2.05) is 0 Å². The Labute approximate surface area is 94.0 Å². The van der Waals surface area contributed by atoms with Gasteiger partial charge in [0.15, 0.2) is 0 Å². The van der Waals surface area contributed by atoms with Crippen molar-refractivity contribution < 1.29 is 18.3 Å². The van der Waals surface area contributed by atoms with Crippen LogP contribution in [0.2, 0.25) is 5.02 Å². The molecular weight excluding hydrogens is 251 g/mol. The standard InChI is InChI=1S/C8H5Cl2F2NO2/c1-15-4-2-3(9)5(7(10)14)13-6(4)8(11)12/h2,8H,1H3. The van der Waals surface area contributed by atoms with Gasteiger partial charge in [-0.25, -0.2) is 13.8 Å². The molecule has 82 valence electrons. The number of nitrogens with zero attached hydrogens (tertiary/aromatic N) is 1. The molecule has 0 aliphatic carbocycles. The molecule has 15 heavy (non-hydrogen) atoms. The number of methoxy groups -OCH3 is 1. The highest BCUT2D eigenvalue weighted by molar-refractivity contribution is 6.68. The number of ether oxygens (including phenoxy) is 1. The van der Waals surface area contributed by atoms with Crippen molar-refractivity contribution in [3.8, 4) is 5.75 Å². The highest BCUT2D eigenvalue weighted by Gasteiger charge is 2.21. The summed E-state index contributed by atoms with van der Waals surface area (Å²) in [4.78, 5) is 14.1. The predicted octanol–water partition coefficient (Wildman–Crippen LogP) is 3.06. The van der Waals surface area contributed by atoms with Crippen LogP contribution in [-0.4, -0.2) is 17.3 Å². The fraction of sp³-hybridized carbons (Fsp3) is 0.250. The van der Waals surface area contributed by atoms with Crippen LogP contribution in [0, 0.1) is 0 Å². The molecule has 0 aliphatic heterocycles. The van der Waals surface area contributed by atoms with E-state index in [9.17, 15) is 13.6 Å². The first-order valence-corrected chi connectivity index (χ1v) is 4.45. The zero-order valence-electron chi connectivity index (χ0n) is 7.43. The fourth-order valence-electron chi connectivity index (χ4n) is 0.944. The third kappa shape index (κ3) is 2.54. The van der Waals surface area contributed by atoms with Crippen LogP contribution in [0.5, 0.6) is 5.75 Å². The average Bonchev–Trinajstić information content (AvgIpc) is 2.16. The summed E-state index contributed by atoms with van der Waals surface area (Å²) >= 11 is 10.7. The quantitative estimate of drug-likeness (QED) is 0.780. The molecule has 0 bridgehead atoms. The third-order valence-corrected chi connectivity index (χ3v) is 2.05. The number of alkyl halides is 2. The third-order valence-electron chi connectivity index (χ3n) is 1.58. The summed E-state index contributed by atoms with van der Waals surface area (Å²) in [5.74, 6) is -0.184. The highest BCUT2D eigenvalue weighted by atomic mass is 35.5. The van der Waals surface area contributed by atoms with Gasteiger partial charge < -0.3 is 4.74 Å². The first-order chi connectivity index (χ1) is 6.97. The average molecular weight is 256 g/mol. The van der Waals surface area contributed by atoms with Crippen LogP contribution in [0.3, 0.4) is 0 Å². The van der Waals surface area contributed by atoms with E-state index in [0.717, 1.165) is 6.07 Å². The maximum absolute atomic E-state index is 12.4. The van der Waals surface area contributed by atoms with E-state index in [0.29, 0.717) is 0 Å². The Morgan fingerprint density at radius 2 is 2.20 bits per heavy atom. The van der Waals surface area contributed by atoms with E-state index in [1.54, 1.807) is 0 Å². The minimum Gasteiger partial charge on any atom is -0.495 e. The summed E-state index contributed by atoms with van der Waals surface area (Å²) < 4.78 is 29.5. The summed E-state index contributed by atoms with van der Waals surface area (Å²) in [6.45, 7) is 0. The van der Waals surface area contributed by atoms with Gasteiger partial charge in [0.1, 0.15) is 17.1 Å². The molecule has 0 aromatic carbocycles. The van der Waals surface area contributed by atoms with E-state index >= 15 is 0 Å². The van der Waals surface area contributed by atoms with Crippen molar-refractivity contribution in [1.29, 1.82) is 0 Å². The molecule has 0 spiro atoms. The summed E-state index contributed by atoms with van der Waals surface area (Å²) in [5.41, 5.74) is -1.07. The molecule has 0 aliphatic rings. The molecule has 0 amide bonds. The minimum atomic E-state index is -2.87. The molecule has 1 heterocycles. The molecule has 0 unspecified atom stereocenters. The number of halogens is 4. The van der Waals surface area contributed by atoms with Gasteiger partial charge in [0.25, 0.3) is 11.7 Å². The maximum Gasteiger partial charge on any atom is 0.284 e. The molecule has 0 saturated heterocycles. The summed E-state index contributed by atoms with van der Waals surface area (Å²) in [5, 5.41) is -1.12. The van der Waals surface area contributed by atoms with Gasteiger partial charge in [-0.3, -0.25) is 4.79 Å². The lowest BCUT2D eigenvalue weighted by Gasteiger charge is -2.08. The molecule has 3 nitrogen and oxygen atoms in total. The first kappa shape index (κ1) is 12.1. The number of pyridine rings is 1. The van der Waals surface area contributed by atoms with E-state index in [4.69, 9.17) is 23.2 Å². The van der Waals surface area contributed by atoms with Gasteiger partial charge in [-0.15, -0.1) is 0 Å². The molecule has 7 heteroatoms. The van der Waals surface area contributed by atoms with Gasteiger partial charge in [0.05, 0.1) is 12.1 Å². The van der Waals surface area contributed by atoms with Crippen LogP contribution in [0.1, 0.15) is 22.6 Å². The van der Waals surface area contributed by atoms with Crippen molar-refractivity contribution in [2.45, 2.75) is 6.43 Å². The topological polar surface area (TPSA) is 39.2 Å². The maximum atomic E-state index is 12.4. The summed E-state index contributed by atoms with van der Waals surface area (Å²) in [6.07, 6.45) is -2.87. The Hall–Kier alpha value is -0.940. The molecule has 0 radical (unpaired) electrons. The number of rotatable bonds is 3. The molecule has 0 atom stereocenters. The van der Waals surface area contributed by atoms with E-state index < -0.39 is 23.1 Å². The van der Waals surface area contributed by atoms with Crippen molar-refractivity contribution in [1.82, 2.24) is 4.98 Å². The number of hydrogen-bond acceptors (Lipinski definition) is 3. The van der Waals surface area contributed by atoms with Crippen molar-refractivity contribution in [2.75, 3.05) is 7.11 Å². The summed E-state index contributed by atoms with van der Waals surface area (Å²) in [7, 11) is 1.20. The molecular formula is C8H5Cl2F2NO2. The first-order valence-electron chi connectivity index (χ1n) is 3.69. The molecule has 0 N–H and O–H groups in total. The Kier molecular flexibility index (Phi) is 3.82. The lowest BCUT2D eigenvalue weighted by Crippen LogP contribution is -2.03. The van der Waals surface area contributed by atoms with Gasteiger partial charge in [0.2, 0.25) is 0 Å². The van der Waals surface area contributed by atoms with Crippen LogP contribution < -0.4 is 4.74 Å². The summed E-state index contributed by atoms with van der Waals surface area (Å²) in [6, 6.07) is 1.08. The monoisotopic (exact) mass is 255 g/mol. The number of carbonyl (C=O) groups is 1. The molecule has 0 saturated carbocycles. The number of aromatic nitrogens is 1. The van der Waals surface area contributed by atoms with E-state index in [1.165, 1.54) is 7.11 Å². The van der Waals surface area contributed by atoms with E-state index in [2.05, 4.69) is 9.72 Å². The largest absolute Gasteiger partial charge is 0.495 e. The smallest absolute Gasteiger partial charge is 0.284 e. The predicted molar refractivity (Wildman–Crippen MR) is 50.9 cm³/mol. The van der Waals surface area contributed by atoms with Crippen molar-refractivity contribution >= 4 is 28.4 Å². The number of carbonyl (C=O) groups excluding carboxylic acids is 1. The van der Waals surface area contributed by atoms with Gasteiger partial charge in [-0.05, 0) is 11.6 Å². The molecule has 0 fully saturated rings. The SMILES string of the molecule is COc1cc(Cl)c(C(=O)Cl)nc1C(F)F. The van der Waals surface area contributed by atoms with Crippen LogP contribution in [-0.2, 0) is 0 Å². The Morgan fingerprint density at radius 1 is 1.60 bits per heavy atom. The Bertz CT molecular complexity index is 398. The van der Waals surface area contributed by atoms with Crippen LogP contribution >= 0.6 is 23.2 Å². The zero-order valence-corrected chi connectivity index (χ0v) is 8.94. The second kappa shape index (κ2) is 4.72. The number of hydrogen-bond donors (Lipinski definition) is 0. The minimum absolute atomic E-state index is 0.128. The highest BCUT2D eigenvalue weighted by Crippen LogP contribution is 2.31. The van der Waals surface area contributed by atoms with Gasteiger partial charge >= 0.3 is 0 Å². The lowest BCUT2D eigenvalue weighted by molar-refractivity contribution is 0.107. The second-order valence-electron chi connectivity index (χ2n) is 2.48. The Morgan fingerprint density at radius 3 is 2.60 bits per heavy atom. The van der Waals surface area contributed by atoms with Crippen molar-refractivity contribution in [3.05, 3.63) is 22.5 Å². The molecule has 1 rings (SSSR count). The van der Waals surface area contributed by atoms with Crippen LogP contribution in [0.25, 0.3) is 0 Å². The van der Waals surface area contributed by atoms with E-state index in [-0.39, 0.29) is 10.8 Å². The van der Waals surface area contributed by atoms with Gasteiger partial charge in [0, 0.05) is 6.07 Å². The van der Waals surface area contributed by atoms with Gasteiger partial charge in [-0.1, -0.05) is 11.6 Å². The van der Waals surface area contributed by atoms with Crippen molar-refractivity contribution in [2.24, 2.45) is 0 Å². The fourth-order valence-corrected chi connectivity index (χ4v) is 1.36. The molecule has 1 aromatic rings. The zero-order chi connectivity index (χ0) is 11.6. The molecule has 1 aromatic heterocycles. The second-order valence-corrected chi connectivity index (χ2v) is 3.23. The van der Waals surface area contributed by atoms with Crippen LogP contribution in [0.4, 0.5) is 8.78 Å². The Balaban J connectivity index is 3.37. The van der Waals surface area contributed by atoms with Crippen LogP contribution in [0.15, 0.2) is 6.07 Å². The normalized spacial score (nSPS) is 10.5.